The fourth-order valence-corrected chi connectivity index (χ4v) is 2.60. The molecule has 0 radical (unpaired) electrons. The third-order valence-electron chi connectivity index (χ3n) is 1.96. The second-order valence-corrected chi connectivity index (χ2v) is 5.23. The van der Waals surface area contributed by atoms with Gasteiger partial charge in [-0.05, 0) is 41.9 Å². The molecule has 0 aliphatic rings. The zero-order valence-corrected chi connectivity index (χ0v) is 10.5. The Balaban J connectivity index is 2.33. The molecule has 0 bridgehead atoms. The van der Waals surface area contributed by atoms with Crippen LogP contribution in [0.3, 0.4) is 0 Å². The summed E-state index contributed by atoms with van der Waals surface area (Å²) in [6.07, 6.45) is 2.02. The van der Waals surface area contributed by atoms with Gasteiger partial charge in [-0.15, -0.1) is 11.3 Å². The van der Waals surface area contributed by atoms with E-state index in [1.807, 2.05) is 10.9 Å². The van der Waals surface area contributed by atoms with Crippen molar-refractivity contribution in [2.24, 2.45) is 0 Å². The highest BCUT2D eigenvalue weighted by Crippen LogP contribution is 2.28. The largest absolute Gasteiger partial charge is 0.270 e. The van der Waals surface area contributed by atoms with Crippen LogP contribution in [0.25, 0.3) is 10.6 Å². The van der Waals surface area contributed by atoms with E-state index in [0.717, 1.165) is 10.2 Å². The van der Waals surface area contributed by atoms with Crippen LogP contribution in [0, 0.1) is 0 Å². The maximum Gasteiger partial charge on any atom is 0.102 e. The summed E-state index contributed by atoms with van der Waals surface area (Å²) in [7, 11) is 0. The van der Waals surface area contributed by atoms with Gasteiger partial charge in [0.2, 0.25) is 0 Å². The summed E-state index contributed by atoms with van der Waals surface area (Å²) in [5, 5.41) is 6.57. The smallest absolute Gasteiger partial charge is 0.102 e. The van der Waals surface area contributed by atoms with Crippen molar-refractivity contribution in [1.29, 1.82) is 0 Å². The molecule has 0 aromatic carbocycles. The monoisotopic (exact) mass is 270 g/mol. The summed E-state index contributed by atoms with van der Waals surface area (Å²) in [6.45, 7) is 4.25. The van der Waals surface area contributed by atoms with Gasteiger partial charge in [0, 0.05) is 22.1 Å². The average molecular weight is 271 g/mol. The predicted octanol–water partition coefficient (Wildman–Crippen LogP) is 3.96. The molecule has 74 valence electrons. The molecule has 2 heterocycles. The molecule has 0 unspecified atom stereocenters. The van der Waals surface area contributed by atoms with Crippen LogP contribution in [-0.4, -0.2) is 9.78 Å². The highest BCUT2D eigenvalue weighted by molar-refractivity contribution is 9.10. The average Bonchev–Trinajstić information content (AvgIpc) is 2.70. The Morgan fingerprint density at radius 2 is 2.29 bits per heavy atom. The Kier molecular flexibility index (Phi) is 2.74. The summed E-state index contributed by atoms with van der Waals surface area (Å²) < 4.78 is 3.10. The Morgan fingerprint density at radius 1 is 1.50 bits per heavy atom. The van der Waals surface area contributed by atoms with Gasteiger partial charge in [0.25, 0.3) is 0 Å². The molecular formula is C10H11BrN2S. The van der Waals surface area contributed by atoms with Crippen molar-refractivity contribution < 1.29 is 0 Å². The molecule has 0 aliphatic carbocycles. The first-order chi connectivity index (χ1) is 6.66. The minimum atomic E-state index is 0.423. The van der Waals surface area contributed by atoms with Gasteiger partial charge >= 0.3 is 0 Å². The highest BCUT2D eigenvalue weighted by atomic mass is 79.9. The van der Waals surface area contributed by atoms with Gasteiger partial charge in [-0.25, -0.2) is 0 Å². The van der Waals surface area contributed by atoms with Gasteiger partial charge in [-0.3, -0.25) is 4.68 Å². The van der Waals surface area contributed by atoms with Crippen molar-refractivity contribution in [3.8, 4) is 10.6 Å². The maximum absolute atomic E-state index is 4.50. The third-order valence-corrected chi connectivity index (χ3v) is 3.67. The first kappa shape index (κ1) is 9.93. The molecule has 0 saturated heterocycles. The van der Waals surface area contributed by atoms with E-state index in [-0.39, 0.29) is 0 Å². The Morgan fingerprint density at radius 3 is 2.79 bits per heavy atom. The lowest BCUT2D eigenvalue weighted by Gasteiger charge is -2.02. The van der Waals surface area contributed by atoms with Crippen molar-refractivity contribution in [2.75, 3.05) is 0 Å². The standard InChI is InChI=1S/C10H11BrN2S/c1-7(2)13-4-3-9(12-13)10-5-8(11)6-14-10/h3-7H,1-2H3. The predicted molar refractivity (Wildman–Crippen MR) is 63.6 cm³/mol. The van der Waals surface area contributed by atoms with Crippen molar-refractivity contribution in [2.45, 2.75) is 19.9 Å². The Hall–Kier alpha value is -0.610. The Bertz CT molecular complexity index is 431. The molecule has 2 aromatic heterocycles. The summed E-state index contributed by atoms with van der Waals surface area (Å²) in [4.78, 5) is 1.20. The van der Waals surface area contributed by atoms with Crippen molar-refractivity contribution in [3.05, 3.63) is 28.2 Å². The summed E-state index contributed by atoms with van der Waals surface area (Å²) >= 11 is 5.15. The van der Waals surface area contributed by atoms with E-state index in [4.69, 9.17) is 0 Å². The van der Waals surface area contributed by atoms with Crippen LogP contribution in [0.4, 0.5) is 0 Å². The van der Waals surface area contributed by atoms with Crippen molar-refractivity contribution in [3.63, 3.8) is 0 Å². The van der Waals surface area contributed by atoms with Crippen molar-refractivity contribution in [1.82, 2.24) is 9.78 Å². The third kappa shape index (κ3) is 1.91. The molecule has 2 rings (SSSR count). The lowest BCUT2D eigenvalue weighted by molar-refractivity contribution is 0.534. The number of halogens is 1. The molecule has 0 saturated carbocycles. The van der Waals surface area contributed by atoms with E-state index in [9.17, 15) is 0 Å². The topological polar surface area (TPSA) is 17.8 Å². The van der Waals surface area contributed by atoms with E-state index in [1.54, 1.807) is 11.3 Å². The number of aromatic nitrogens is 2. The number of hydrogen-bond donors (Lipinski definition) is 0. The first-order valence-electron chi connectivity index (χ1n) is 4.46. The van der Waals surface area contributed by atoms with Gasteiger partial charge < -0.3 is 0 Å². The lowest BCUT2D eigenvalue weighted by atomic mass is 10.3. The Labute approximate surface area is 95.7 Å². The molecule has 2 aromatic rings. The van der Waals surface area contributed by atoms with Crippen LogP contribution < -0.4 is 0 Å². The molecule has 0 amide bonds. The second kappa shape index (κ2) is 3.87. The van der Waals surface area contributed by atoms with Crippen LogP contribution >= 0.6 is 27.3 Å². The van der Waals surface area contributed by atoms with E-state index >= 15 is 0 Å². The fraction of sp³-hybridized carbons (Fsp3) is 0.300. The van der Waals surface area contributed by atoms with Gasteiger partial charge in [0.1, 0.15) is 5.69 Å². The molecule has 2 nitrogen and oxygen atoms in total. The quantitative estimate of drug-likeness (QED) is 0.808. The molecule has 4 heteroatoms. The minimum absolute atomic E-state index is 0.423. The van der Waals surface area contributed by atoms with E-state index in [0.29, 0.717) is 6.04 Å². The van der Waals surface area contributed by atoms with Crippen LogP contribution in [0.2, 0.25) is 0 Å². The van der Waals surface area contributed by atoms with E-state index in [2.05, 4.69) is 52.4 Å². The first-order valence-corrected chi connectivity index (χ1v) is 6.13. The van der Waals surface area contributed by atoms with Crippen LogP contribution in [-0.2, 0) is 0 Å². The van der Waals surface area contributed by atoms with Gasteiger partial charge in [0.15, 0.2) is 0 Å². The van der Waals surface area contributed by atoms with E-state index in [1.165, 1.54) is 4.88 Å². The van der Waals surface area contributed by atoms with E-state index < -0.39 is 0 Å². The zero-order valence-electron chi connectivity index (χ0n) is 8.07. The van der Waals surface area contributed by atoms with Gasteiger partial charge in [-0.2, -0.15) is 5.10 Å². The normalized spacial score (nSPS) is 11.1. The molecule has 0 aliphatic heterocycles. The molecule has 14 heavy (non-hydrogen) atoms. The SMILES string of the molecule is CC(C)n1ccc(-c2cc(Br)cs2)n1. The van der Waals surface area contributed by atoms with Gasteiger partial charge in [0.05, 0.1) is 4.88 Å². The minimum Gasteiger partial charge on any atom is -0.270 e. The van der Waals surface area contributed by atoms with Crippen LogP contribution in [0.5, 0.6) is 0 Å². The van der Waals surface area contributed by atoms with Gasteiger partial charge in [-0.1, -0.05) is 0 Å². The summed E-state index contributed by atoms with van der Waals surface area (Å²) in [6, 6.07) is 4.57. The van der Waals surface area contributed by atoms with Crippen LogP contribution in [0.1, 0.15) is 19.9 Å². The molecule has 0 N–H and O–H groups in total. The van der Waals surface area contributed by atoms with Crippen molar-refractivity contribution >= 4 is 27.3 Å². The number of nitrogens with zero attached hydrogens (tertiary/aromatic N) is 2. The maximum atomic E-state index is 4.50. The zero-order chi connectivity index (χ0) is 10.1. The fourth-order valence-electron chi connectivity index (χ4n) is 1.20. The second-order valence-electron chi connectivity index (χ2n) is 3.40. The lowest BCUT2D eigenvalue weighted by Crippen LogP contribution is -2.00. The molecule has 0 atom stereocenters. The molecule has 0 spiro atoms. The highest BCUT2D eigenvalue weighted by Gasteiger charge is 2.06. The number of thiophene rings is 1. The molecular weight excluding hydrogens is 260 g/mol. The summed E-state index contributed by atoms with van der Waals surface area (Å²) in [5.74, 6) is 0. The molecule has 0 fully saturated rings. The number of hydrogen-bond acceptors (Lipinski definition) is 2. The summed E-state index contributed by atoms with van der Waals surface area (Å²) in [5.41, 5.74) is 1.05. The van der Waals surface area contributed by atoms with Crippen LogP contribution in [0.15, 0.2) is 28.2 Å². The number of rotatable bonds is 2.